The van der Waals surface area contributed by atoms with Crippen LogP contribution in [0.25, 0.3) is 0 Å². The fraction of sp³-hybridized carbons (Fsp3) is 0.300. The highest BCUT2D eigenvalue weighted by Crippen LogP contribution is 2.30. The zero-order valence-corrected chi connectivity index (χ0v) is 9.92. The van der Waals surface area contributed by atoms with Gasteiger partial charge >= 0.3 is 0 Å². The Morgan fingerprint density at radius 3 is 2.93 bits per heavy atom. The number of hydrogen-bond donors (Lipinski definition) is 1. The molecule has 0 radical (unpaired) electrons. The molecule has 5 heteroatoms. The zero-order chi connectivity index (χ0) is 10.8. The van der Waals surface area contributed by atoms with Crippen molar-refractivity contribution in [3.63, 3.8) is 0 Å². The Bertz CT molecular complexity index is 435. The Morgan fingerprint density at radius 1 is 1.67 bits per heavy atom. The fourth-order valence-corrected chi connectivity index (χ4v) is 2.60. The van der Waals surface area contributed by atoms with E-state index in [0.29, 0.717) is 10.8 Å². The lowest BCUT2D eigenvalue weighted by atomic mass is 10.2. The van der Waals surface area contributed by atoms with Crippen LogP contribution in [0.5, 0.6) is 0 Å². The van der Waals surface area contributed by atoms with Gasteiger partial charge < -0.3 is 5.73 Å². The van der Waals surface area contributed by atoms with E-state index in [1.807, 2.05) is 6.07 Å². The molecule has 0 aliphatic heterocycles. The lowest BCUT2D eigenvalue weighted by molar-refractivity contribution is 0.524. The van der Waals surface area contributed by atoms with E-state index >= 15 is 0 Å². The molecule has 0 saturated carbocycles. The SMILES string of the molecule is CCC(c1cccs1)n1ncc(Cl)c1N. The van der Waals surface area contributed by atoms with Gasteiger partial charge in [-0.3, -0.25) is 0 Å². The van der Waals surface area contributed by atoms with Crippen molar-refractivity contribution in [3.8, 4) is 0 Å². The van der Waals surface area contributed by atoms with Crippen LogP contribution in [0.15, 0.2) is 23.7 Å². The summed E-state index contributed by atoms with van der Waals surface area (Å²) in [6.45, 7) is 2.11. The smallest absolute Gasteiger partial charge is 0.141 e. The van der Waals surface area contributed by atoms with Crippen LogP contribution in [0.1, 0.15) is 24.3 Å². The Balaban J connectivity index is 2.40. The van der Waals surface area contributed by atoms with Gasteiger partial charge in [0.2, 0.25) is 0 Å². The first-order valence-corrected chi connectivity index (χ1v) is 6.01. The van der Waals surface area contributed by atoms with E-state index in [4.69, 9.17) is 17.3 Å². The highest BCUT2D eigenvalue weighted by Gasteiger charge is 2.17. The van der Waals surface area contributed by atoms with E-state index in [1.165, 1.54) is 4.88 Å². The zero-order valence-electron chi connectivity index (χ0n) is 8.35. The quantitative estimate of drug-likeness (QED) is 0.897. The molecule has 15 heavy (non-hydrogen) atoms. The van der Waals surface area contributed by atoms with Gasteiger partial charge in [0.1, 0.15) is 10.8 Å². The molecular weight excluding hydrogens is 230 g/mol. The number of rotatable bonds is 3. The highest BCUT2D eigenvalue weighted by atomic mass is 35.5. The summed E-state index contributed by atoms with van der Waals surface area (Å²) < 4.78 is 1.79. The number of nitrogens with zero attached hydrogens (tertiary/aromatic N) is 2. The van der Waals surface area contributed by atoms with Crippen molar-refractivity contribution in [2.45, 2.75) is 19.4 Å². The predicted molar refractivity (Wildman–Crippen MR) is 64.4 cm³/mol. The second kappa shape index (κ2) is 4.24. The summed E-state index contributed by atoms with van der Waals surface area (Å²) in [7, 11) is 0. The molecule has 0 aliphatic carbocycles. The molecule has 2 heterocycles. The molecule has 1 atom stereocenters. The van der Waals surface area contributed by atoms with Crippen LogP contribution in [0.3, 0.4) is 0 Å². The van der Waals surface area contributed by atoms with Crippen molar-refractivity contribution in [1.29, 1.82) is 0 Å². The normalized spacial score (nSPS) is 12.9. The van der Waals surface area contributed by atoms with E-state index < -0.39 is 0 Å². The van der Waals surface area contributed by atoms with Crippen LogP contribution in [0.4, 0.5) is 5.82 Å². The first-order chi connectivity index (χ1) is 7.24. The molecule has 2 aromatic rings. The predicted octanol–water partition coefficient (Wildman–Crippen LogP) is 3.18. The number of halogens is 1. The molecule has 2 aromatic heterocycles. The van der Waals surface area contributed by atoms with E-state index in [0.717, 1.165) is 6.42 Å². The van der Waals surface area contributed by atoms with Crippen molar-refractivity contribution >= 4 is 28.8 Å². The molecule has 0 saturated heterocycles. The maximum absolute atomic E-state index is 5.89. The number of thiophene rings is 1. The average Bonchev–Trinajstić information content (AvgIpc) is 2.84. The number of nitrogens with two attached hydrogens (primary N) is 1. The summed E-state index contributed by atoms with van der Waals surface area (Å²) in [6, 6.07) is 4.31. The van der Waals surface area contributed by atoms with Crippen molar-refractivity contribution < 1.29 is 0 Å². The molecule has 2 rings (SSSR count). The summed E-state index contributed by atoms with van der Waals surface area (Å²) in [5.74, 6) is 0.539. The van der Waals surface area contributed by atoms with Crippen LogP contribution in [0.2, 0.25) is 5.02 Å². The maximum atomic E-state index is 5.89. The van der Waals surface area contributed by atoms with E-state index in [1.54, 1.807) is 22.2 Å². The van der Waals surface area contributed by atoms with E-state index in [9.17, 15) is 0 Å². The molecule has 2 N–H and O–H groups in total. The molecule has 1 unspecified atom stereocenters. The van der Waals surface area contributed by atoms with Crippen molar-refractivity contribution in [1.82, 2.24) is 9.78 Å². The average molecular weight is 242 g/mol. The fourth-order valence-electron chi connectivity index (χ4n) is 1.57. The summed E-state index contributed by atoms with van der Waals surface area (Å²) in [5.41, 5.74) is 5.86. The van der Waals surface area contributed by atoms with Crippen LogP contribution in [-0.4, -0.2) is 9.78 Å². The second-order valence-corrected chi connectivity index (χ2v) is 4.65. The third-order valence-electron chi connectivity index (χ3n) is 2.34. The monoisotopic (exact) mass is 241 g/mol. The highest BCUT2D eigenvalue weighted by molar-refractivity contribution is 7.10. The Kier molecular flexibility index (Phi) is 2.98. The van der Waals surface area contributed by atoms with Gasteiger partial charge in [-0.2, -0.15) is 5.10 Å². The van der Waals surface area contributed by atoms with Crippen LogP contribution >= 0.6 is 22.9 Å². The van der Waals surface area contributed by atoms with Gasteiger partial charge in [-0.25, -0.2) is 4.68 Å². The molecular formula is C10H12ClN3S. The second-order valence-electron chi connectivity index (χ2n) is 3.26. The first-order valence-electron chi connectivity index (χ1n) is 4.76. The molecule has 3 nitrogen and oxygen atoms in total. The molecule has 0 bridgehead atoms. The molecule has 0 spiro atoms. The molecule has 0 amide bonds. The van der Waals surface area contributed by atoms with Gasteiger partial charge in [-0.1, -0.05) is 24.6 Å². The Hall–Kier alpha value is -1.00. The molecule has 80 valence electrons. The van der Waals surface area contributed by atoms with E-state index in [2.05, 4.69) is 23.5 Å². The molecule has 0 aromatic carbocycles. The van der Waals surface area contributed by atoms with Gasteiger partial charge in [0.25, 0.3) is 0 Å². The number of nitrogen functional groups attached to an aromatic ring is 1. The molecule has 0 fully saturated rings. The molecule has 0 aliphatic rings. The van der Waals surface area contributed by atoms with Crippen LogP contribution in [0, 0.1) is 0 Å². The van der Waals surface area contributed by atoms with Gasteiger partial charge in [0.15, 0.2) is 0 Å². The lowest BCUT2D eigenvalue weighted by Crippen LogP contribution is -2.12. The number of anilines is 1. The minimum atomic E-state index is 0.192. The first kappa shape index (κ1) is 10.5. The van der Waals surface area contributed by atoms with E-state index in [-0.39, 0.29) is 6.04 Å². The van der Waals surface area contributed by atoms with Crippen LogP contribution in [-0.2, 0) is 0 Å². The minimum Gasteiger partial charge on any atom is -0.383 e. The van der Waals surface area contributed by atoms with Crippen molar-refractivity contribution in [2.24, 2.45) is 0 Å². The van der Waals surface area contributed by atoms with Gasteiger partial charge in [0, 0.05) is 4.88 Å². The maximum Gasteiger partial charge on any atom is 0.141 e. The Labute approximate surface area is 97.5 Å². The van der Waals surface area contributed by atoms with Crippen molar-refractivity contribution in [3.05, 3.63) is 33.6 Å². The topological polar surface area (TPSA) is 43.8 Å². The van der Waals surface area contributed by atoms with Gasteiger partial charge in [-0.15, -0.1) is 11.3 Å². The summed E-state index contributed by atoms with van der Waals surface area (Å²) in [5, 5.41) is 6.78. The summed E-state index contributed by atoms with van der Waals surface area (Å²) in [6.07, 6.45) is 2.54. The third kappa shape index (κ3) is 1.87. The summed E-state index contributed by atoms with van der Waals surface area (Å²) >= 11 is 7.60. The number of hydrogen-bond acceptors (Lipinski definition) is 3. The Morgan fingerprint density at radius 2 is 2.47 bits per heavy atom. The minimum absolute atomic E-state index is 0.192. The third-order valence-corrected chi connectivity index (χ3v) is 3.61. The standard InChI is InChI=1S/C10H12ClN3S/c1-2-8(9-4-3-5-15-9)14-10(12)7(11)6-13-14/h3-6,8H,2,12H2,1H3. The van der Waals surface area contributed by atoms with Gasteiger partial charge in [-0.05, 0) is 17.9 Å². The lowest BCUT2D eigenvalue weighted by Gasteiger charge is -2.15. The van der Waals surface area contributed by atoms with Crippen LogP contribution < -0.4 is 5.73 Å². The largest absolute Gasteiger partial charge is 0.383 e. The van der Waals surface area contributed by atoms with Crippen molar-refractivity contribution in [2.75, 3.05) is 5.73 Å². The summed E-state index contributed by atoms with van der Waals surface area (Å²) in [4.78, 5) is 1.25. The number of aromatic nitrogens is 2. The van der Waals surface area contributed by atoms with Gasteiger partial charge in [0.05, 0.1) is 12.2 Å².